The minimum absolute atomic E-state index is 0.157. The van der Waals surface area contributed by atoms with Crippen molar-refractivity contribution >= 4 is 17.7 Å². The zero-order chi connectivity index (χ0) is 10.4. The number of rotatable bonds is 3. The zero-order valence-electron chi connectivity index (χ0n) is 8.30. The number of allylic oxidation sites excluding steroid dienone is 2. The van der Waals surface area contributed by atoms with E-state index in [9.17, 15) is 4.79 Å². The molecule has 0 atom stereocenters. The Balaban J connectivity index is 2.66. The van der Waals surface area contributed by atoms with Gasteiger partial charge in [0.25, 0.3) is 0 Å². The number of hydrogen-bond donors (Lipinski definition) is 1. The Morgan fingerprint density at radius 3 is 2.86 bits per heavy atom. The van der Waals surface area contributed by atoms with Gasteiger partial charge in [0, 0.05) is 5.57 Å². The lowest BCUT2D eigenvalue weighted by molar-refractivity contribution is -0.133. The van der Waals surface area contributed by atoms with Crippen molar-refractivity contribution in [3.63, 3.8) is 0 Å². The summed E-state index contributed by atoms with van der Waals surface area (Å²) in [5, 5.41) is 8.58. The van der Waals surface area contributed by atoms with Gasteiger partial charge < -0.3 is 5.11 Å². The first-order chi connectivity index (χ1) is 6.74. The molecule has 0 aliphatic heterocycles. The molecule has 1 N–H and O–H groups in total. The normalized spacial score (nSPS) is 16.1. The summed E-state index contributed by atoms with van der Waals surface area (Å²) < 4.78 is 0. The Kier molecular flexibility index (Phi) is 4.61. The Hall–Kier alpha value is -0.880. The molecule has 76 valence electrons. The maximum absolute atomic E-state index is 10.4. The van der Waals surface area contributed by atoms with Crippen LogP contribution in [0.5, 0.6) is 0 Å². The van der Waals surface area contributed by atoms with E-state index in [1.165, 1.54) is 23.1 Å². The average Bonchev–Trinajstić information content (AvgIpc) is 2.17. The molecule has 0 saturated carbocycles. The van der Waals surface area contributed by atoms with Crippen LogP contribution in [-0.4, -0.2) is 16.8 Å². The minimum Gasteiger partial charge on any atom is -0.481 e. The number of carbonyl (C=O) groups is 1. The summed E-state index contributed by atoms with van der Waals surface area (Å²) in [4.78, 5) is 11.6. The maximum atomic E-state index is 10.4. The second kappa shape index (κ2) is 5.77. The second-order valence-corrected chi connectivity index (χ2v) is 4.24. The molecule has 1 rings (SSSR count). The third-order valence-corrected chi connectivity index (χ3v) is 3.25. The van der Waals surface area contributed by atoms with Crippen molar-refractivity contribution in [3.05, 3.63) is 10.5 Å². The molecule has 0 aromatic heterocycles. The van der Waals surface area contributed by atoms with E-state index in [1.807, 2.05) is 6.92 Å². The lowest BCUT2D eigenvalue weighted by Gasteiger charge is -2.15. The Morgan fingerprint density at radius 2 is 2.21 bits per heavy atom. The van der Waals surface area contributed by atoms with Gasteiger partial charge in [-0.25, -0.2) is 0 Å². The Bertz CT molecular complexity index is 307. The molecule has 0 fully saturated rings. The van der Waals surface area contributed by atoms with Crippen molar-refractivity contribution in [1.29, 1.82) is 0 Å². The van der Waals surface area contributed by atoms with Crippen molar-refractivity contribution in [2.24, 2.45) is 0 Å². The van der Waals surface area contributed by atoms with E-state index in [2.05, 4.69) is 11.8 Å². The zero-order valence-corrected chi connectivity index (χ0v) is 9.12. The molecule has 0 bridgehead atoms. The predicted octanol–water partition coefficient (Wildman–Crippen LogP) is 2.66. The molecule has 2 nitrogen and oxygen atoms in total. The van der Waals surface area contributed by atoms with Crippen molar-refractivity contribution < 1.29 is 9.90 Å². The standard InChI is InChI=1S/C11H14O2S/c1-2-5-9-6-3-4-7-10(9)14-8-11(12)13/h3-4,6-8H2,1H3,(H,12,13). The minimum atomic E-state index is -0.753. The first-order valence-corrected chi connectivity index (χ1v) is 5.72. The molecule has 0 radical (unpaired) electrons. The lowest BCUT2D eigenvalue weighted by atomic mass is 10.00. The highest BCUT2D eigenvalue weighted by molar-refractivity contribution is 8.03. The van der Waals surface area contributed by atoms with Crippen molar-refractivity contribution in [2.45, 2.75) is 32.6 Å². The fraction of sp³-hybridized carbons (Fsp3) is 0.545. The number of hydrogen-bond acceptors (Lipinski definition) is 2. The largest absolute Gasteiger partial charge is 0.481 e. The van der Waals surface area contributed by atoms with Crippen LogP contribution in [0.4, 0.5) is 0 Å². The summed E-state index contributed by atoms with van der Waals surface area (Å²) in [6, 6.07) is 0. The lowest BCUT2D eigenvalue weighted by Crippen LogP contribution is -2.02. The third kappa shape index (κ3) is 3.47. The molecule has 0 aromatic rings. The molecular formula is C11H14O2S. The highest BCUT2D eigenvalue weighted by Gasteiger charge is 2.12. The molecular weight excluding hydrogens is 196 g/mol. The number of aliphatic carboxylic acids is 1. The number of carboxylic acid groups (broad SMARTS) is 1. The summed E-state index contributed by atoms with van der Waals surface area (Å²) in [6.07, 6.45) is 4.36. The quantitative estimate of drug-likeness (QED) is 0.728. The van der Waals surface area contributed by atoms with Crippen LogP contribution in [-0.2, 0) is 4.79 Å². The summed E-state index contributed by atoms with van der Waals surface area (Å²) in [6.45, 7) is 1.82. The summed E-state index contributed by atoms with van der Waals surface area (Å²) in [5.74, 6) is 5.36. The van der Waals surface area contributed by atoms with E-state index < -0.39 is 5.97 Å². The van der Waals surface area contributed by atoms with Crippen LogP contribution in [0.2, 0.25) is 0 Å². The van der Waals surface area contributed by atoms with E-state index in [-0.39, 0.29) is 5.75 Å². The first kappa shape index (κ1) is 11.2. The van der Waals surface area contributed by atoms with Crippen LogP contribution in [0.25, 0.3) is 0 Å². The third-order valence-electron chi connectivity index (χ3n) is 2.06. The van der Waals surface area contributed by atoms with E-state index in [1.54, 1.807) is 0 Å². The van der Waals surface area contributed by atoms with Crippen molar-refractivity contribution in [1.82, 2.24) is 0 Å². The van der Waals surface area contributed by atoms with Crippen LogP contribution in [0.3, 0.4) is 0 Å². The predicted molar refractivity (Wildman–Crippen MR) is 59.0 cm³/mol. The summed E-state index contributed by atoms with van der Waals surface area (Å²) in [5.41, 5.74) is 1.16. The highest BCUT2D eigenvalue weighted by atomic mass is 32.2. The van der Waals surface area contributed by atoms with Gasteiger partial charge in [-0.3, -0.25) is 4.79 Å². The molecule has 0 spiro atoms. The highest BCUT2D eigenvalue weighted by Crippen LogP contribution is 2.32. The Morgan fingerprint density at radius 1 is 1.50 bits per heavy atom. The molecule has 0 unspecified atom stereocenters. The molecule has 0 amide bonds. The summed E-state index contributed by atoms with van der Waals surface area (Å²) >= 11 is 1.43. The van der Waals surface area contributed by atoms with Gasteiger partial charge in [-0.2, -0.15) is 0 Å². The van der Waals surface area contributed by atoms with Gasteiger partial charge in [0.05, 0.1) is 5.75 Å². The molecule has 1 aliphatic rings. The SMILES string of the molecule is CC#CC1=C(SCC(=O)O)CCCC1. The molecule has 14 heavy (non-hydrogen) atoms. The fourth-order valence-corrected chi connectivity index (χ4v) is 2.38. The number of thioether (sulfide) groups is 1. The van der Waals surface area contributed by atoms with Crippen LogP contribution < -0.4 is 0 Å². The summed E-state index contributed by atoms with van der Waals surface area (Å²) in [7, 11) is 0. The van der Waals surface area contributed by atoms with Gasteiger partial charge in [-0.05, 0) is 37.5 Å². The van der Waals surface area contributed by atoms with Gasteiger partial charge in [0.15, 0.2) is 0 Å². The number of carboxylic acids is 1. The topological polar surface area (TPSA) is 37.3 Å². The molecule has 3 heteroatoms. The van der Waals surface area contributed by atoms with Gasteiger partial charge in [0.2, 0.25) is 0 Å². The van der Waals surface area contributed by atoms with Crippen LogP contribution in [0.15, 0.2) is 10.5 Å². The molecule has 0 heterocycles. The van der Waals surface area contributed by atoms with E-state index in [0.29, 0.717) is 0 Å². The van der Waals surface area contributed by atoms with E-state index >= 15 is 0 Å². The van der Waals surface area contributed by atoms with Crippen LogP contribution >= 0.6 is 11.8 Å². The Labute approximate surface area is 88.8 Å². The molecule has 0 saturated heterocycles. The van der Waals surface area contributed by atoms with Crippen LogP contribution in [0, 0.1) is 11.8 Å². The van der Waals surface area contributed by atoms with Crippen molar-refractivity contribution in [2.75, 3.05) is 5.75 Å². The molecule has 0 aromatic carbocycles. The van der Waals surface area contributed by atoms with Crippen LogP contribution in [0.1, 0.15) is 32.6 Å². The van der Waals surface area contributed by atoms with Gasteiger partial charge >= 0.3 is 5.97 Å². The van der Waals surface area contributed by atoms with Gasteiger partial charge in [-0.15, -0.1) is 17.7 Å². The smallest absolute Gasteiger partial charge is 0.313 e. The van der Waals surface area contributed by atoms with Crippen molar-refractivity contribution in [3.8, 4) is 11.8 Å². The molecule has 1 aliphatic carbocycles. The maximum Gasteiger partial charge on any atom is 0.313 e. The first-order valence-electron chi connectivity index (χ1n) is 4.73. The monoisotopic (exact) mass is 210 g/mol. The van der Waals surface area contributed by atoms with E-state index in [0.717, 1.165) is 24.8 Å². The van der Waals surface area contributed by atoms with E-state index in [4.69, 9.17) is 5.11 Å². The average molecular weight is 210 g/mol. The fourth-order valence-electron chi connectivity index (χ4n) is 1.47. The second-order valence-electron chi connectivity index (χ2n) is 3.17. The van der Waals surface area contributed by atoms with Gasteiger partial charge in [0.1, 0.15) is 0 Å². The van der Waals surface area contributed by atoms with Gasteiger partial charge in [-0.1, -0.05) is 5.92 Å².